The number of furan rings is 1. The summed E-state index contributed by atoms with van der Waals surface area (Å²) in [5.74, 6) is 0.470. The highest BCUT2D eigenvalue weighted by Crippen LogP contribution is 2.24. The highest BCUT2D eigenvalue weighted by molar-refractivity contribution is 7.11. The number of hydrogen-bond donors (Lipinski definition) is 3. The quantitative estimate of drug-likeness (QED) is 0.521. The number of hydrogen-bond acceptors (Lipinski definition) is 6. The van der Waals surface area contributed by atoms with Crippen LogP contribution < -0.4 is 11.1 Å². The van der Waals surface area contributed by atoms with Crippen molar-refractivity contribution in [1.29, 1.82) is 0 Å². The van der Waals surface area contributed by atoms with Crippen LogP contribution in [-0.2, 0) is 6.54 Å². The number of anilines is 1. The lowest BCUT2D eigenvalue weighted by molar-refractivity contribution is 0.102. The van der Waals surface area contributed by atoms with Crippen LogP contribution >= 0.6 is 11.3 Å². The maximum Gasteiger partial charge on any atom is 0.275 e. The van der Waals surface area contributed by atoms with Gasteiger partial charge in [-0.15, -0.1) is 11.3 Å². The average molecular weight is 353 g/mol. The van der Waals surface area contributed by atoms with Gasteiger partial charge in [-0.05, 0) is 31.2 Å². The number of H-pyrrole nitrogens is 1. The van der Waals surface area contributed by atoms with Gasteiger partial charge < -0.3 is 20.5 Å². The number of carbonyl (C=O) groups excluding carboxylic acids is 1. The molecule has 0 fully saturated rings. The van der Waals surface area contributed by atoms with Crippen LogP contribution in [0.3, 0.4) is 0 Å². The molecule has 0 atom stereocenters. The van der Waals surface area contributed by atoms with Gasteiger partial charge in [-0.25, -0.2) is 9.97 Å². The summed E-state index contributed by atoms with van der Waals surface area (Å²) in [5.41, 5.74) is 9.17. The molecule has 0 bridgehead atoms. The standard InChI is InChI=1S/C17H15N5O2S/c1-9-15(22-14(7-18)25-9)17(23)19-11-2-3-12-13(6-11)21-16(20-12)10-4-5-24-8-10/h2-6,8H,7,18H2,1H3,(H,19,23)(H,20,21). The molecule has 3 aromatic heterocycles. The fourth-order valence-corrected chi connectivity index (χ4v) is 3.37. The Hall–Kier alpha value is -2.97. The molecule has 1 aromatic carbocycles. The summed E-state index contributed by atoms with van der Waals surface area (Å²) in [7, 11) is 0. The molecule has 4 rings (SSSR count). The number of benzene rings is 1. The van der Waals surface area contributed by atoms with Crippen molar-refractivity contribution in [3.8, 4) is 11.4 Å². The third-order valence-corrected chi connectivity index (χ3v) is 4.76. The van der Waals surface area contributed by atoms with Crippen molar-refractivity contribution in [3.63, 3.8) is 0 Å². The van der Waals surface area contributed by atoms with E-state index >= 15 is 0 Å². The van der Waals surface area contributed by atoms with Crippen molar-refractivity contribution in [2.45, 2.75) is 13.5 Å². The summed E-state index contributed by atoms with van der Waals surface area (Å²) in [4.78, 5) is 25.3. The molecule has 0 aliphatic rings. The topological polar surface area (TPSA) is 110 Å². The monoisotopic (exact) mass is 353 g/mol. The molecule has 0 aliphatic carbocycles. The van der Waals surface area contributed by atoms with E-state index in [4.69, 9.17) is 10.2 Å². The third kappa shape index (κ3) is 2.92. The zero-order valence-electron chi connectivity index (χ0n) is 13.4. The second kappa shape index (κ2) is 6.15. The smallest absolute Gasteiger partial charge is 0.275 e. The number of aromatic nitrogens is 3. The van der Waals surface area contributed by atoms with Crippen molar-refractivity contribution >= 4 is 34.0 Å². The van der Waals surface area contributed by atoms with Crippen molar-refractivity contribution in [2.24, 2.45) is 5.73 Å². The van der Waals surface area contributed by atoms with E-state index in [2.05, 4.69) is 20.3 Å². The Bertz CT molecular complexity index is 1050. The summed E-state index contributed by atoms with van der Waals surface area (Å²) in [5, 5.41) is 3.62. The van der Waals surface area contributed by atoms with Gasteiger partial charge in [0.15, 0.2) is 0 Å². The Balaban J connectivity index is 1.61. The first-order valence-electron chi connectivity index (χ1n) is 7.64. The molecule has 4 N–H and O–H groups in total. The minimum absolute atomic E-state index is 0.248. The van der Waals surface area contributed by atoms with Crippen molar-refractivity contribution in [2.75, 3.05) is 5.32 Å². The van der Waals surface area contributed by atoms with Crippen molar-refractivity contribution in [1.82, 2.24) is 15.0 Å². The predicted molar refractivity (Wildman–Crippen MR) is 96.5 cm³/mol. The second-order valence-electron chi connectivity index (χ2n) is 5.50. The molecule has 8 heteroatoms. The van der Waals surface area contributed by atoms with Gasteiger partial charge >= 0.3 is 0 Å². The molecule has 4 aromatic rings. The van der Waals surface area contributed by atoms with E-state index in [0.717, 1.165) is 32.3 Å². The molecular formula is C17H15N5O2S. The van der Waals surface area contributed by atoms with Gasteiger partial charge in [0.2, 0.25) is 0 Å². The molecule has 126 valence electrons. The number of rotatable bonds is 4. The SMILES string of the molecule is Cc1sc(CN)nc1C(=O)Nc1ccc2nc(-c3ccoc3)[nH]c2c1. The number of fused-ring (bicyclic) bond motifs is 1. The third-order valence-electron chi connectivity index (χ3n) is 3.76. The van der Waals surface area contributed by atoms with Crippen LogP contribution in [-0.4, -0.2) is 20.9 Å². The fraction of sp³-hybridized carbons (Fsp3) is 0.118. The van der Waals surface area contributed by atoms with E-state index in [1.165, 1.54) is 11.3 Å². The van der Waals surface area contributed by atoms with E-state index in [-0.39, 0.29) is 5.91 Å². The predicted octanol–water partition coefficient (Wildman–Crippen LogP) is 3.30. The highest BCUT2D eigenvalue weighted by atomic mass is 32.1. The van der Waals surface area contributed by atoms with Crippen molar-refractivity contribution in [3.05, 3.63) is 52.4 Å². The Labute approximate surface area is 146 Å². The summed E-state index contributed by atoms with van der Waals surface area (Å²) in [6.07, 6.45) is 3.22. The average Bonchev–Trinajstić information content (AvgIpc) is 3.32. The van der Waals surface area contributed by atoms with Crippen LogP contribution in [0.1, 0.15) is 20.4 Å². The number of nitrogens with two attached hydrogens (primary N) is 1. The number of aryl methyl sites for hydroxylation is 1. The van der Waals surface area contributed by atoms with E-state index in [1.54, 1.807) is 12.5 Å². The van der Waals surface area contributed by atoms with Crippen LogP contribution in [0.5, 0.6) is 0 Å². The van der Waals surface area contributed by atoms with Crippen LogP contribution in [0.25, 0.3) is 22.4 Å². The number of carbonyl (C=O) groups is 1. The van der Waals surface area contributed by atoms with Crippen LogP contribution in [0, 0.1) is 6.92 Å². The fourth-order valence-electron chi connectivity index (χ4n) is 2.56. The molecule has 0 saturated carbocycles. The van der Waals surface area contributed by atoms with Gasteiger partial charge in [0.1, 0.15) is 22.8 Å². The van der Waals surface area contributed by atoms with Gasteiger partial charge in [-0.1, -0.05) is 0 Å². The number of aromatic amines is 1. The largest absolute Gasteiger partial charge is 0.472 e. The zero-order chi connectivity index (χ0) is 17.4. The molecule has 25 heavy (non-hydrogen) atoms. The van der Waals surface area contributed by atoms with Crippen molar-refractivity contribution < 1.29 is 9.21 Å². The number of nitrogens with one attached hydrogen (secondary N) is 2. The lowest BCUT2D eigenvalue weighted by Crippen LogP contribution is -2.13. The highest BCUT2D eigenvalue weighted by Gasteiger charge is 2.15. The van der Waals surface area contributed by atoms with Gasteiger partial charge in [-0.3, -0.25) is 4.79 Å². The first-order chi connectivity index (χ1) is 12.1. The van der Waals surface area contributed by atoms with Gasteiger partial charge in [0.05, 0.1) is 22.9 Å². The molecule has 0 spiro atoms. The molecule has 0 aliphatic heterocycles. The maximum atomic E-state index is 12.4. The first-order valence-corrected chi connectivity index (χ1v) is 8.46. The molecular weight excluding hydrogens is 338 g/mol. The minimum Gasteiger partial charge on any atom is -0.472 e. The summed E-state index contributed by atoms with van der Waals surface area (Å²) in [6, 6.07) is 7.34. The Morgan fingerprint density at radius 2 is 2.24 bits per heavy atom. The molecule has 0 radical (unpaired) electrons. The van der Waals surface area contributed by atoms with E-state index in [9.17, 15) is 4.79 Å². The lowest BCUT2D eigenvalue weighted by atomic mass is 10.2. The number of nitrogens with zero attached hydrogens (tertiary/aromatic N) is 2. The van der Waals surface area contributed by atoms with E-state index < -0.39 is 0 Å². The normalized spacial score (nSPS) is 11.1. The van der Waals surface area contributed by atoms with E-state index in [1.807, 2.05) is 31.2 Å². The van der Waals surface area contributed by atoms with Gasteiger partial charge in [-0.2, -0.15) is 0 Å². The number of imidazole rings is 1. The second-order valence-corrected chi connectivity index (χ2v) is 6.79. The Kier molecular flexibility index (Phi) is 3.83. The molecule has 7 nitrogen and oxygen atoms in total. The van der Waals surface area contributed by atoms with Crippen LogP contribution in [0.4, 0.5) is 5.69 Å². The summed E-state index contributed by atoms with van der Waals surface area (Å²) in [6.45, 7) is 2.19. The first kappa shape index (κ1) is 15.6. The number of amides is 1. The zero-order valence-corrected chi connectivity index (χ0v) is 14.2. The maximum absolute atomic E-state index is 12.4. The van der Waals surface area contributed by atoms with Crippen LogP contribution in [0.15, 0.2) is 41.2 Å². The van der Waals surface area contributed by atoms with Gasteiger partial charge in [0.25, 0.3) is 5.91 Å². The lowest BCUT2D eigenvalue weighted by Gasteiger charge is -2.03. The Morgan fingerprint density at radius 1 is 1.36 bits per heavy atom. The molecule has 0 unspecified atom stereocenters. The van der Waals surface area contributed by atoms with Crippen LogP contribution in [0.2, 0.25) is 0 Å². The summed E-state index contributed by atoms with van der Waals surface area (Å²) < 4.78 is 5.08. The molecule has 1 amide bonds. The minimum atomic E-state index is -0.248. The van der Waals surface area contributed by atoms with Gasteiger partial charge in [0, 0.05) is 17.1 Å². The number of thiazole rings is 1. The molecule has 0 saturated heterocycles. The molecule has 3 heterocycles. The Morgan fingerprint density at radius 3 is 2.96 bits per heavy atom. The summed E-state index contributed by atoms with van der Waals surface area (Å²) >= 11 is 1.44. The van der Waals surface area contributed by atoms with E-state index in [0.29, 0.717) is 17.9 Å².